The molecule has 0 unspecified atom stereocenters. The molecule has 2 saturated heterocycles. The number of rotatable bonds is 3. The van der Waals surface area contributed by atoms with Crippen molar-refractivity contribution in [2.45, 2.75) is 44.7 Å². The van der Waals surface area contributed by atoms with Crippen LogP contribution < -0.4 is 15.5 Å². The van der Waals surface area contributed by atoms with Crippen molar-refractivity contribution < 1.29 is 4.39 Å². The summed E-state index contributed by atoms with van der Waals surface area (Å²) in [4.78, 5) is 14.3. The van der Waals surface area contributed by atoms with Crippen LogP contribution in [0.3, 0.4) is 0 Å². The highest BCUT2D eigenvalue weighted by molar-refractivity contribution is 5.90. The molecule has 2 aromatic carbocycles. The highest BCUT2D eigenvalue weighted by Crippen LogP contribution is 2.41. The minimum absolute atomic E-state index is 0.151. The second-order valence-corrected chi connectivity index (χ2v) is 9.44. The van der Waals surface area contributed by atoms with E-state index in [1.807, 2.05) is 0 Å². The third kappa shape index (κ3) is 3.22. The molecule has 4 heterocycles. The van der Waals surface area contributed by atoms with Gasteiger partial charge in [-0.15, -0.1) is 0 Å². The van der Waals surface area contributed by atoms with Crippen molar-refractivity contribution in [2.75, 3.05) is 36.4 Å². The minimum Gasteiger partial charge on any atom is -0.378 e. The number of benzene rings is 2. The molecule has 0 saturated carbocycles. The summed E-state index contributed by atoms with van der Waals surface area (Å²) < 4.78 is 14.0. The van der Waals surface area contributed by atoms with Gasteiger partial charge in [0, 0.05) is 56.8 Å². The molecule has 0 amide bonds. The van der Waals surface area contributed by atoms with Crippen LogP contribution in [0.25, 0.3) is 11.0 Å². The van der Waals surface area contributed by atoms with Gasteiger partial charge in [0.25, 0.3) is 0 Å². The van der Waals surface area contributed by atoms with Crippen LogP contribution in [-0.4, -0.2) is 59.3 Å². The summed E-state index contributed by atoms with van der Waals surface area (Å²) in [5.74, 6) is 0. The van der Waals surface area contributed by atoms with E-state index >= 15 is 0 Å². The van der Waals surface area contributed by atoms with E-state index in [0.29, 0.717) is 25.2 Å². The van der Waals surface area contributed by atoms with Crippen LogP contribution in [0.15, 0.2) is 42.7 Å². The van der Waals surface area contributed by atoms with Crippen LogP contribution in [0.5, 0.6) is 0 Å². The first-order valence-electron chi connectivity index (χ1n) is 11.5. The minimum atomic E-state index is -0.837. The second-order valence-electron chi connectivity index (χ2n) is 9.44. The van der Waals surface area contributed by atoms with Crippen LogP contribution in [0, 0.1) is 6.92 Å². The number of halogens is 1. The fourth-order valence-corrected chi connectivity index (χ4v) is 5.65. The Morgan fingerprint density at radius 2 is 1.91 bits per heavy atom. The highest BCUT2D eigenvalue weighted by atomic mass is 19.1. The number of hydrogen-bond donors (Lipinski definition) is 2. The van der Waals surface area contributed by atoms with Crippen molar-refractivity contribution >= 4 is 22.4 Å². The number of alkyl halides is 1. The number of nitrogens with zero attached hydrogens (tertiary/aromatic N) is 4. The molecule has 0 spiro atoms. The standard InChI is InChI=1S/C25H29FN6/c1-15-3-6-22(25-24(15)28-7-8-29-25)31-12-16(2)32-13-17-9-18(4-5-19(17)23(32)14-31)30-21-11-27-10-20(21)26/h3-9,16,20-21,23,27,30H,10-14H2,1-2H3/t16-,20-,21+,23-/m1/s1. The van der Waals surface area contributed by atoms with Gasteiger partial charge in [-0.2, -0.15) is 0 Å². The van der Waals surface area contributed by atoms with E-state index in [1.165, 1.54) is 16.8 Å². The molecule has 1 aromatic heterocycles. The molecule has 2 N–H and O–H groups in total. The number of nitrogens with one attached hydrogen (secondary N) is 2. The normalized spacial score (nSPS) is 27.5. The lowest BCUT2D eigenvalue weighted by Gasteiger charge is -2.43. The number of anilines is 2. The van der Waals surface area contributed by atoms with Gasteiger partial charge in [0.2, 0.25) is 0 Å². The SMILES string of the molecule is Cc1ccc(N2C[C@@H](C)N3Cc4cc(N[C@H]5CNC[C@H]5F)ccc4[C@H]3C2)c2nccnc12. The van der Waals surface area contributed by atoms with Crippen molar-refractivity contribution in [2.24, 2.45) is 0 Å². The Hall–Kier alpha value is -2.77. The molecule has 2 fully saturated rings. The Balaban J connectivity index is 1.29. The Morgan fingerprint density at radius 3 is 2.72 bits per heavy atom. The molecule has 6 rings (SSSR count). The average Bonchev–Trinajstić information content (AvgIpc) is 3.37. The molecule has 166 valence electrons. The first-order chi connectivity index (χ1) is 15.6. The lowest BCUT2D eigenvalue weighted by atomic mass is 10.00. The summed E-state index contributed by atoms with van der Waals surface area (Å²) in [5.41, 5.74) is 8.04. The number of hydrogen-bond acceptors (Lipinski definition) is 6. The van der Waals surface area contributed by atoms with E-state index in [0.717, 1.165) is 41.9 Å². The van der Waals surface area contributed by atoms with Gasteiger partial charge in [-0.05, 0) is 48.7 Å². The van der Waals surface area contributed by atoms with Crippen molar-refractivity contribution in [1.82, 2.24) is 20.2 Å². The first-order valence-corrected chi connectivity index (χ1v) is 11.5. The summed E-state index contributed by atoms with van der Waals surface area (Å²) >= 11 is 0. The maximum atomic E-state index is 14.0. The predicted octanol–water partition coefficient (Wildman–Crippen LogP) is 3.43. The van der Waals surface area contributed by atoms with Gasteiger partial charge in [0.15, 0.2) is 0 Å². The molecule has 3 aliphatic rings. The van der Waals surface area contributed by atoms with Crippen LogP contribution in [0.1, 0.15) is 29.7 Å². The summed E-state index contributed by atoms with van der Waals surface area (Å²) in [7, 11) is 0. The molecule has 0 radical (unpaired) electrons. The van der Waals surface area contributed by atoms with Crippen molar-refractivity contribution in [3.05, 3.63) is 59.4 Å². The van der Waals surface area contributed by atoms with E-state index in [2.05, 4.69) is 74.6 Å². The molecule has 32 heavy (non-hydrogen) atoms. The summed E-state index contributed by atoms with van der Waals surface area (Å²) in [6.07, 6.45) is 2.72. The van der Waals surface area contributed by atoms with Crippen LogP contribution in [-0.2, 0) is 6.54 Å². The van der Waals surface area contributed by atoms with Gasteiger partial charge < -0.3 is 15.5 Å². The van der Waals surface area contributed by atoms with Crippen molar-refractivity contribution in [3.63, 3.8) is 0 Å². The zero-order valence-electron chi connectivity index (χ0n) is 18.6. The number of aromatic nitrogens is 2. The van der Waals surface area contributed by atoms with E-state index < -0.39 is 6.17 Å². The zero-order chi connectivity index (χ0) is 21.8. The molecule has 3 aliphatic heterocycles. The third-order valence-corrected chi connectivity index (χ3v) is 7.34. The Labute approximate surface area is 187 Å². The van der Waals surface area contributed by atoms with E-state index in [4.69, 9.17) is 0 Å². The molecule has 3 aromatic rings. The average molecular weight is 433 g/mol. The molecule has 6 nitrogen and oxygen atoms in total. The molecular formula is C25H29FN6. The molecule has 0 bridgehead atoms. The topological polar surface area (TPSA) is 56.3 Å². The summed E-state index contributed by atoms with van der Waals surface area (Å²) in [5, 5.41) is 6.51. The lowest BCUT2D eigenvalue weighted by molar-refractivity contribution is 0.134. The molecular weight excluding hydrogens is 403 g/mol. The van der Waals surface area contributed by atoms with Gasteiger partial charge in [0.05, 0.1) is 23.3 Å². The lowest BCUT2D eigenvalue weighted by Crippen LogP contribution is -2.51. The van der Waals surface area contributed by atoms with Crippen molar-refractivity contribution in [1.29, 1.82) is 0 Å². The van der Waals surface area contributed by atoms with E-state index in [1.54, 1.807) is 12.4 Å². The zero-order valence-corrected chi connectivity index (χ0v) is 18.6. The quantitative estimate of drug-likeness (QED) is 0.662. The Kier molecular flexibility index (Phi) is 4.77. The third-order valence-electron chi connectivity index (χ3n) is 7.34. The van der Waals surface area contributed by atoms with Gasteiger partial charge >= 0.3 is 0 Å². The van der Waals surface area contributed by atoms with Crippen LogP contribution in [0.2, 0.25) is 0 Å². The maximum absolute atomic E-state index is 14.0. The van der Waals surface area contributed by atoms with Gasteiger partial charge in [0.1, 0.15) is 11.7 Å². The molecule has 0 aliphatic carbocycles. The summed E-state index contributed by atoms with van der Waals surface area (Å²) in [6, 6.07) is 11.5. The first kappa shape index (κ1) is 19.9. The van der Waals surface area contributed by atoms with E-state index in [9.17, 15) is 4.39 Å². The molecule has 7 heteroatoms. The smallest absolute Gasteiger partial charge is 0.134 e. The monoisotopic (exact) mass is 432 g/mol. The largest absolute Gasteiger partial charge is 0.378 e. The fourth-order valence-electron chi connectivity index (χ4n) is 5.65. The highest BCUT2D eigenvalue weighted by Gasteiger charge is 2.39. The molecule has 4 atom stereocenters. The Bertz CT molecular complexity index is 1170. The fraction of sp³-hybridized carbons (Fsp3) is 0.440. The Morgan fingerprint density at radius 1 is 1.06 bits per heavy atom. The predicted molar refractivity (Wildman–Crippen MR) is 126 cm³/mol. The van der Waals surface area contributed by atoms with Crippen LogP contribution >= 0.6 is 0 Å². The van der Waals surface area contributed by atoms with Gasteiger partial charge in [-0.1, -0.05) is 12.1 Å². The summed E-state index contributed by atoms with van der Waals surface area (Å²) in [6.45, 7) is 8.34. The van der Waals surface area contributed by atoms with Crippen molar-refractivity contribution in [3.8, 4) is 0 Å². The number of fused-ring (bicyclic) bond motifs is 4. The van der Waals surface area contributed by atoms with Gasteiger partial charge in [-0.3, -0.25) is 14.9 Å². The van der Waals surface area contributed by atoms with E-state index in [-0.39, 0.29) is 6.04 Å². The van der Waals surface area contributed by atoms with Gasteiger partial charge in [-0.25, -0.2) is 4.39 Å². The van der Waals surface area contributed by atoms with Crippen LogP contribution in [0.4, 0.5) is 15.8 Å². The second kappa shape index (κ2) is 7.67. The maximum Gasteiger partial charge on any atom is 0.134 e. The number of aryl methyl sites for hydroxylation is 1. The number of piperazine rings is 1.